The van der Waals surface area contributed by atoms with Crippen LogP contribution in [0.25, 0.3) is 0 Å². The third-order valence-electron chi connectivity index (χ3n) is 0.557. The van der Waals surface area contributed by atoms with E-state index in [0.29, 0.717) is 6.42 Å². The van der Waals surface area contributed by atoms with Crippen molar-refractivity contribution in [2.24, 2.45) is 0 Å². The number of ketones is 1. The van der Waals surface area contributed by atoms with Gasteiger partial charge in [-0.05, 0) is 6.42 Å². The van der Waals surface area contributed by atoms with Crippen LogP contribution in [0.4, 0.5) is 0 Å². The van der Waals surface area contributed by atoms with E-state index in [4.69, 9.17) is 6.92 Å². The molecule has 0 aliphatic rings. The van der Waals surface area contributed by atoms with E-state index >= 15 is 0 Å². The zero-order chi connectivity index (χ0) is 5.70. The highest BCUT2D eigenvalue weighted by Crippen LogP contribution is 1.92. The third kappa shape index (κ3) is 6.15. The van der Waals surface area contributed by atoms with E-state index in [2.05, 4.69) is 15.9 Å². The molecule has 7 heavy (non-hydrogen) atoms. The maximum absolute atomic E-state index is 9.96. The zero-order valence-electron chi connectivity index (χ0n) is 3.98. The van der Waals surface area contributed by atoms with Gasteiger partial charge in [0.25, 0.3) is 0 Å². The molecule has 0 aromatic carbocycles. The van der Waals surface area contributed by atoms with Gasteiger partial charge < -0.3 is 0 Å². The molecular weight excluding hydrogens is 156 g/mol. The van der Waals surface area contributed by atoms with Crippen LogP contribution in [-0.2, 0) is 4.79 Å². The Kier molecular flexibility index (Phi) is 4.41. The summed E-state index contributed by atoms with van der Waals surface area (Å²) in [6.07, 6.45) is 1.33. The molecule has 2 radical (unpaired) electrons. The Bertz CT molecular complexity index is 61.1. The van der Waals surface area contributed by atoms with Gasteiger partial charge in [-0.2, -0.15) is 0 Å². The largest absolute Gasteiger partial charge is 0.299 e. The Morgan fingerprint density at radius 1 is 1.71 bits per heavy atom. The highest BCUT2D eigenvalue weighted by atomic mass is 79.9. The van der Waals surface area contributed by atoms with Gasteiger partial charge >= 0.3 is 0 Å². The molecular formula is C5H7BrO. The first-order valence-corrected chi connectivity index (χ1v) is 3.24. The number of rotatable bonds is 3. The molecule has 0 aliphatic heterocycles. The van der Waals surface area contributed by atoms with Gasteiger partial charge in [-0.3, -0.25) is 4.79 Å². The van der Waals surface area contributed by atoms with E-state index in [1.807, 2.05) is 0 Å². The lowest BCUT2D eigenvalue weighted by Crippen LogP contribution is -1.88. The van der Waals surface area contributed by atoms with Crippen LogP contribution in [0.5, 0.6) is 0 Å². The Balaban J connectivity index is 2.82. The Labute approximate surface area is 52.2 Å². The second kappa shape index (κ2) is 4.31. The number of hydrogen-bond acceptors (Lipinski definition) is 1. The van der Waals surface area contributed by atoms with E-state index in [9.17, 15) is 4.79 Å². The summed E-state index contributed by atoms with van der Waals surface area (Å²) in [6, 6.07) is 0. The summed E-state index contributed by atoms with van der Waals surface area (Å²) < 4.78 is 0. The quantitative estimate of drug-likeness (QED) is 0.575. The SMILES string of the molecule is [CH]C(=O)CCCBr. The van der Waals surface area contributed by atoms with Crippen LogP contribution in [0.15, 0.2) is 0 Å². The number of Topliss-reactive ketones (excluding diaryl/α,β-unsaturated/α-hetero) is 1. The lowest BCUT2D eigenvalue weighted by molar-refractivity contribution is -0.114. The minimum atomic E-state index is -0.223. The first-order chi connectivity index (χ1) is 3.27. The number of carbonyl (C=O) groups is 1. The minimum absolute atomic E-state index is 0.223. The molecule has 0 heterocycles. The summed E-state index contributed by atoms with van der Waals surface area (Å²) >= 11 is 3.17. The predicted octanol–water partition coefficient (Wildman–Crippen LogP) is 1.44. The van der Waals surface area contributed by atoms with E-state index < -0.39 is 0 Å². The summed E-state index contributed by atoms with van der Waals surface area (Å²) in [5.41, 5.74) is 0. The van der Waals surface area contributed by atoms with Crippen LogP contribution >= 0.6 is 15.9 Å². The van der Waals surface area contributed by atoms with Crippen molar-refractivity contribution in [3.63, 3.8) is 0 Å². The van der Waals surface area contributed by atoms with E-state index in [1.54, 1.807) is 0 Å². The molecule has 1 nitrogen and oxygen atoms in total. The highest BCUT2D eigenvalue weighted by Gasteiger charge is 1.88. The van der Waals surface area contributed by atoms with Crippen molar-refractivity contribution in [2.45, 2.75) is 12.8 Å². The van der Waals surface area contributed by atoms with Gasteiger partial charge in [-0.1, -0.05) is 15.9 Å². The van der Waals surface area contributed by atoms with Gasteiger partial charge in [0, 0.05) is 18.7 Å². The lowest BCUT2D eigenvalue weighted by Gasteiger charge is -1.85. The van der Waals surface area contributed by atoms with Crippen LogP contribution in [-0.4, -0.2) is 11.1 Å². The molecule has 0 aromatic heterocycles. The van der Waals surface area contributed by atoms with Crippen molar-refractivity contribution < 1.29 is 4.79 Å². The zero-order valence-corrected chi connectivity index (χ0v) is 5.57. The van der Waals surface area contributed by atoms with E-state index in [0.717, 1.165) is 11.8 Å². The number of hydrogen-bond donors (Lipinski definition) is 0. The van der Waals surface area contributed by atoms with Crippen LogP contribution in [0.2, 0.25) is 0 Å². The van der Waals surface area contributed by atoms with Crippen LogP contribution < -0.4 is 0 Å². The fourth-order valence-electron chi connectivity index (χ4n) is 0.241. The first kappa shape index (κ1) is 7.15. The fraction of sp³-hybridized carbons (Fsp3) is 0.600. The Morgan fingerprint density at radius 2 is 2.29 bits per heavy atom. The van der Waals surface area contributed by atoms with Crippen molar-refractivity contribution in [3.8, 4) is 0 Å². The van der Waals surface area contributed by atoms with Crippen molar-refractivity contribution in [1.29, 1.82) is 0 Å². The molecule has 0 amide bonds. The Hall–Kier alpha value is 0.150. The van der Waals surface area contributed by atoms with Gasteiger partial charge in [0.05, 0.1) is 0 Å². The molecule has 0 rings (SSSR count). The van der Waals surface area contributed by atoms with Crippen LogP contribution in [0.1, 0.15) is 12.8 Å². The highest BCUT2D eigenvalue weighted by molar-refractivity contribution is 9.09. The summed E-state index contributed by atoms with van der Waals surface area (Å²) in [7, 11) is 0. The standard InChI is InChI=1S/C5H7BrO/c1-5(7)3-2-4-6/h1H,2-4H2. The predicted molar refractivity (Wildman–Crippen MR) is 32.3 cm³/mol. The van der Waals surface area contributed by atoms with E-state index in [1.165, 1.54) is 0 Å². The normalized spacial score (nSPS) is 8.86. The minimum Gasteiger partial charge on any atom is -0.299 e. The summed E-state index contributed by atoms with van der Waals surface area (Å²) in [6.45, 7) is 4.82. The summed E-state index contributed by atoms with van der Waals surface area (Å²) in [5.74, 6) is -0.223. The lowest BCUT2D eigenvalue weighted by atomic mass is 10.3. The Morgan fingerprint density at radius 3 is 2.43 bits per heavy atom. The molecule has 0 saturated heterocycles. The maximum Gasteiger partial charge on any atom is 0.137 e. The van der Waals surface area contributed by atoms with Gasteiger partial charge in [-0.25, -0.2) is 0 Å². The molecule has 0 aromatic rings. The molecule has 0 aliphatic carbocycles. The van der Waals surface area contributed by atoms with Crippen LogP contribution in [0.3, 0.4) is 0 Å². The number of alkyl halides is 1. The van der Waals surface area contributed by atoms with Gasteiger partial charge in [0.1, 0.15) is 5.78 Å². The van der Waals surface area contributed by atoms with Gasteiger partial charge in [0.2, 0.25) is 0 Å². The molecule has 0 unspecified atom stereocenters. The smallest absolute Gasteiger partial charge is 0.137 e. The molecule has 0 spiro atoms. The molecule has 40 valence electrons. The first-order valence-electron chi connectivity index (χ1n) is 2.11. The monoisotopic (exact) mass is 162 g/mol. The third-order valence-corrected chi connectivity index (χ3v) is 1.12. The van der Waals surface area contributed by atoms with Crippen molar-refractivity contribution >= 4 is 21.7 Å². The molecule has 0 atom stereocenters. The van der Waals surface area contributed by atoms with Crippen LogP contribution in [0, 0.1) is 6.92 Å². The second-order valence-corrected chi connectivity index (χ2v) is 2.05. The molecule has 2 heteroatoms. The average molecular weight is 163 g/mol. The topological polar surface area (TPSA) is 17.1 Å². The number of carbonyl (C=O) groups excluding carboxylic acids is 1. The van der Waals surface area contributed by atoms with Crippen molar-refractivity contribution in [2.75, 3.05) is 5.33 Å². The maximum atomic E-state index is 9.96. The van der Waals surface area contributed by atoms with Crippen molar-refractivity contribution in [3.05, 3.63) is 6.92 Å². The second-order valence-electron chi connectivity index (χ2n) is 1.26. The van der Waals surface area contributed by atoms with Crippen molar-refractivity contribution in [1.82, 2.24) is 0 Å². The molecule has 0 N–H and O–H groups in total. The summed E-state index contributed by atoms with van der Waals surface area (Å²) in [5, 5.41) is 0.857. The molecule has 0 saturated carbocycles. The fourth-order valence-corrected chi connectivity index (χ4v) is 0.521. The average Bonchev–Trinajstić information content (AvgIpc) is 1.61. The molecule has 0 bridgehead atoms. The van der Waals surface area contributed by atoms with E-state index in [-0.39, 0.29) is 5.78 Å². The molecule has 0 fully saturated rings. The summed E-state index contributed by atoms with van der Waals surface area (Å²) in [4.78, 5) is 9.96. The van der Waals surface area contributed by atoms with Gasteiger partial charge in [0.15, 0.2) is 0 Å². The number of halogens is 1. The van der Waals surface area contributed by atoms with Gasteiger partial charge in [-0.15, -0.1) is 0 Å².